The van der Waals surface area contributed by atoms with Crippen LogP contribution < -0.4 is 10.2 Å². The quantitative estimate of drug-likeness (QED) is 0.0675. The standard InChI is InChI=1S/2C25H43NO2/c1-2-3-4-5-6-7-8-9-10-11-12-13-14-15-16-20-23-28-25(27)26-24-21-18-17-19-22-24;1-2-3-4-5-6-7-8-9-10-11-12-13-14-15-16-20-23-26(25(27)28)24-21-18-17-19-22-24/h17-19,21-22H,2-16,20,23H2,1H3,(H,26,27);17-19,21-22H,2-16,20,23H2,1H3,(H,27,28). The number of anilines is 2. The molecule has 2 amide bonds. The van der Waals surface area contributed by atoms with Gasteiger partial charge >= 0.3 is 12.2 Å². The second kappa shape index (κ2) is 40.2. The zero-order valence-corrected chi connectivity index (χ0v) is 36.4. The Hall–Kier alpha value is -3.02. The van der Waals surface area contributed by atoms with Gasteiger partial charge in [-0.25, -0.2) is 9.59 Å². The largest absolute Gasteiger partial charge is 0.465 e. The van der Waals surface area contributed by atoms with Crippen LogP contribution in [0, 0.1) is 0 Å². The highest BCUT2D eigenvalue weighted by molar-refractivity contribution is 5.86. The van der Waals surface area contributed by atoms with E-state index in [0.717, 1.165) is 37.1 Å². The fourth-order valence-corrected chi connectivity index (χ4v) is 7.25. The lowest BCUT2D eigenvalue weighted by Crippen LogP contribution is -2.30. The number of hydrogen-bond acceptors (Lipinski definition) is 3. The van der Waals surface area contributed by atoms with Crippen molar-refractivity contribution in [2.75, 3.05) is 23.4 Å². The Morgan fingerprint density at radius 1 is 0.464 bits per heavy atom. The van der Waals surface area contributed by atoms with Gasteiger partial charge in [-0.15, -0.1) is 0 Å². The maximum atomic E-state index is 11.6. The highest BCUT2D eigenvalue weighted by Gasteiger charge is 2.13. The summed E-state index contributed by atoms with van der Waals surface area (Å²) < 4.78 is 5.22. The molecule has 0 heterocycles. The van der Waals surface area contributed by atoms with E-state index in [9.17, 15) is 14.7 Å². The van der Waals surface area contributed by atoms with E-state index in [1.54, 1.807) is 0 Å². The van der Waals surface area contributed by atoms with Gasteiger partial charge in [-0.1, -0.05) is 243 Å². The summed E-state index contributed by atoms with van der Waals surface area (Å²) in [6, 6.07) is 18.8. The zero-order valence-electron chi connectivity index (χ0n) is 36.4. The molecule has 320 valence electrons. The third kappa shape index (κ3) is 33.2. The average molecular weight is 779 g/mol. The van der Waals surface area contributed by atoms with Gasteiger partial charge in [0.05, 0.1) is 6.61 Å². The van der Waals surface area contributed by atoms with E-state index < -0.39 is 6.09 Å². The molecule has 0 fully saturated rings. The second-order valence-corrected chi connectivity index (χ2v) is 16.0. The molecular weight excluding hydrogens is 693 g/mol. The minimum Gasteiger partial charge on any atom is -0.465 e. The van der Waals surface area contributed by atoms with Gasteiger partial charge in [0.2, 0.25) is 0 Å². The van der Waals surface area contributed by atoms with Crippen LogP contribution in [-0.4, -0.2) is 30.4 Å². The van der Waals surface area contributed by atoms with Gasteiger partial charge in [0, 0.05) is 17.9 Å². The van der Waals surface area contributed by atoms with Crippen LogP contribution in [0.3, 0.4) is 0 Å². The van der Waals surface area contributed by atoms with Gasteiger partial charge in [0.15, 0.2) is 0 Å². The molecule has 56 heavy (non-hydrogen) atoms. The fourth-order valence-electron chi connectivity index (χ4n) is 7.25. The number of ether oxygens (including phenoxy) is 1. The van der Waals surface area contributed by atoms with Gasteiger partial charge < -0.3 is 9.84 Å². The van der Waals surface area contributed by atoms with E-state index in [0.29, 0.717) is 13.2 Å². The molecule has 2 aromatic carbocycles. The van der Waals surface area contributed by atoms with Gasteiger partial charge in [0.1, 0.15) is 0 Å². The second-order valence-electron chi connectivity index (χ2n) is 16.0. The first-order valence-electron chi connectivity index (χ1n) is 23.6. The lowest BCUT2D eigenvalue weighted by Gasteiger charge is -2.19. The van der Waals surface area contributed by atoms with Crippen molar-refractivity contribution < 1.29 is 19.4 Å². The molecule has 0 aliphatic rings. The minimum absolute atomic E-state index is 0.354. The summed E-state index contributed by atoms with van der Waals surface area (Å²) in [4.78, 5) is 24.5. The van der Waals surface area contributed by atoms with Crippen molar-refractivity contribution >= 4 is 23.6 Å². The van der Waals surface area contributed by atoms with Crippen LogP contribution in [0.2, 0.25) is 0 Å². The molecule has 0 aliphatic heterocycles. The zero-order chi connectivity index (χ0) is 40.4. The highest BCUT2D eigenvalue weighted by Crippen LogP contribution is 2.18. The Morgan fingerprint density at radius 2 is 0.786 bits per heavy atom. The number of carbonyl (C=O) groups excluding carboxylic acids is 1. The molecule has 0 bridgehead atoms. The number of nitrogens with zero attached hydrogens (tertiary/aromatic N) is 1. The number of unbranched alkanes of at least 4 members (excludes halogenated alkanes) is 30. The Kier molecular flexibility index (Phi) is 36.6. The summed E-state index contributed by atoms with van der Waals surface area (Å²) in [6.07, 6.45) is 41.8. The Morgan fingerprint density at radius 3 is 1.14 bits per heavy atom. The molecule has 0 atom stereocenters. The van der Waals surface area contributed by atoms with E-state index in [1.807, 2.05) is 60.7 Å². The summed E-state index contributed by atoms with van der Waals surface area (Å²) in [5, 5.41) is 12.1. The number of nitrogens with one attached hydrogen (secondary N) is 1. The summed E-state index contributed by atoms with van der Waals surface area (Å²) in [5.41, 5.74) is 1.55. The number of benzene rings is 2. The highest BCUT2D eigenvalue weighted by atomic mass is 16.5. The normalized spacial score (nSPS) is 10.8. The summed E-state index contributed by atoms with van der Waals surface area (Å²) >= 11 is 0. The van der Waals surface area contributed by atoms with Gasteiger partial charge in [-0.05, 0) is 37.1 Å². The maximum Gasteiger partial charge on any atom is 0.411 e. The smallest absolute Gasteiger partial charge is 0.411 e. The lowest BCUT2D eigenvalue weighted by molar-refractivity contribution is 0.159. The molecule has 2 rings (SSSR count). The molecule has 0 unspecified atom stereocenters. The van der Waals surface area contributed by atoms with Crippen molar-refractivity contribution in [2.45, 2.75) is 219 Å². The van der Waals surface area contributed by atoms with Crippen molar-refractivity contribution in [1.82, 2.24) is 0 Å². The predicted molar refractivity (Wildman–Crippen MR) is 242 cm³/mol. The SMILES string of the molecule is CCCCCCCCCCCCCCCCCCN(C(=O)O)c1ccccc1.CCCCCCCCCCCCCCCCCCOC(=O)Nc1ccccc1. The Bertz CT molecular complexity index is 1110. The molecule has 2 N–H and O–H groups in total. The van der Waals surface area contributed by atoms with Crippen LogP contribution in [0.1, 0.15) is 219 Å². The summed E-state index contributed by atoms with van der Waals surface area (Å²) in [7, 11) is 0. The van der Waals surface area contributed by atoms with Crippen LogP contribution in [-0.2, 0) is 4.74 Å². The van der Waals surface area contributed by atoms with Gasteiger partial charge in [0.25, 0.3) is 0 Å². The third-order valence-electron chi connectivity index (χ3n) is 10.8. The molecule has 0 saturated heterocycles. The van der Waals surface area contributed by atoms with Crippen LogP contribution in [0.15, 0.2) is 60.7 Å². The van der Waals surface area contributed by atoms with E-state index >= 15 is 0 Å². The first kappa shape index (κ1) is 51.0. The van der Waals surface area contributed by atoms with Crippen LogP contribution in [0.25, 0.3) is 0 Å². The van der Waals surface area contributed by atoms with Gasteiger partial charge in [-0.3, -0.25) is 10.2 Å². The number of hydrogen-bond donors (Lipinski definition) is 2. The number of amides is 2. The number of rotatable bonds is 36. The number of carboxylic acid groups (broad SMARTS) is 1. The molecule has 0 radical (unpaired) electrons. The lowest BCUT2D eigenvalue weighted by atomic mass is 10.0. The summed E-state index contributed by atoms with van der Waals surface area (Å²) in [6.45, 7) is 5.66. The maximum absolute atomic E-state index is 11.6. The molecule has 6 nitrogen and oxygen atoms in total. The van der Waals surface area contributed by atoms with E-state index in [4.69, 9.17) is 4.74 Å². The molecule has 0 aliphatic carbocycles. The molecule has 0 saturated carbocycles. The average Bonchev–Trinajstić information content (AvgIpc) is 3.21. The van der Waals surface area contributed by atoms with Crippen molar-refractivity contribution in [1.29, 1.82) is 0 Å². The van der Waals surface area contributed by atoms with E-state index in [-0.39, 0.29) is 6.09 Å². The van der Waals surface area contributed by atoms with Crippen LogP contribution in [0.4, 0.5) is 21.0 Å². The predicted octanol–water partition coefficient (Wildman–Crippen LogP) is 16.9. The Labute approximate surface area is 345 Å². The monoisotopic (exact) mass is 779 g/mol. The molecule has 2 aromatic rings. The van der Waals surface area contributed by atoms with Gasteiger partial charge in [-0.2, -0.15) is 0 Å². The molecule has 0 aromatic heterocycles. The van der Waals surface area contributed by atoms with Crippen LogP contribution in [0.5, 0.6) is 0 Å². The summed E-state index contributed by atoms with van der Waals surface area (Å²) in [5.74, 6) is 0. The molecular formula is C50H86N2O4. The molecule has 6 heteroatoms. The topological polar surface area (TPSA) is 78.9 Å². The number of para-hydroxylation sites is 2. The first-order valence-corrected chi connectivity index (χ1v) is 23.6. The van der Waals surface area contributed by atoms with Crippen molar-refractivity contribution in [3.8, 4) is 0 Å². The molecule has 0 spiro atoms. The fraction of sp³-hybridized carbons (Fsp3) is 0.720. The number of carbonyl (C=O) groups is 2. The van der Waals surface area contributed by atoms with Crippen LogP contribution >= 0.6 is 0 Å². The van der Waals surface area contributed by atoms with Crippen molar-refractivity contribution in [3.63, 3.8) is 0 Å². The van der Waals surface area contributed by atoms with Crippen molar-refractivity contribution in [3.05, 3.63) is 60.7 Å². The minimum atomic E-state index is -0.854. The van der Waals surface area contributed by atoms with E-state index in [2.05, 4.69) is 19.2 Å². The third-order valence-corrected chi connectivity index (χ3v) is 10.8. The van der Waals surface area contributed by atoms with Crippen molar-refractivity contribution in [2.24, 2.45) is 0 Å². The first-order chi connectivity index (χ1) is 27.6. The Balaban J connectivity index is 0.000000560. The van der Waals surface area contributed by atoms with E-state index in [1.165, 1.54) is 185 Å².